The van der Waals surface area contributed by atoms with E-state index in [2.05, 4.69) is 20.9 Å². The van der Waals surface area contributed by atoms with E-state index in [9.17, 15) is 14.7 Å². The van der Waals surface area contributed by atoms with E-state index in [1.54, 1.807) is 12.1 Å². The molecule has 0 fully saturated rings. The molecule has 2 N–H and O–H groups in total. The van der Waals surface area contributed by atoms with Crippen LogP contribution >= 0.6 is 27.5 Å². The summed E-state index contributed by atoms with van der Waals surface area (Å²) in [6.07, 6.45) is -0.446. The molecule has 26 heavy (non-hydrogen) atoms. The van der Waals surface area contributed by atoms with Gasteiger partial charge in [0, 0.05) is 17.6 Å². The first-order valence-corrected chi connectivity index (χ1v) is 9.17. The van der Waals surface area contributed by atoms with E-state index < -0.39 is 29.1 Å². The molecule has 2 rings (SSSR count). The van der Waals surface area contributed by atoms with Crippen molar-refractivity contribution in [3.63, 3.8) is 0 Å². The van der Waals surface area contributed by atoms with Gasteiger partial charge in [0.25, 0.3) is 5.56 Å². The minimum absolute atomic E-state index is 0.0644. The highest BCUT2D eigenvalue weighted by atomic mass is 79.9. The predicted octanol–water partition coefficient (Wildman–Crippen LogP) is 1.43. The van der Waals surface area contributed by atoms with Gasteiger partial charge in [-0.3, -0.25) is 14.3 Å². The second-order valence-corrected chi connectivity index (χ2v) is 6.21. The van der Waals surface area contributed by atoms with E-state index >= 15 is 0 Å². The van der Waals surface area contributed by atoms with E-state index in [1.165, 1.54) is 16.8 Å². The van der Waals surface area contributed by atoms with E-state index in [4.69, 9.17) is 25.8 Å². The Kier molecular flexibility index (Phi) is 8.33. The van der Waals surface area contributed by atoms with Gasteiger partial charge in [-0.05, 0) is 12.1 Å². The molecule has 2 aromatic rings. The van der Waals surface area contributed by atoms with Crippen LogP contribution in [0.25, 0.3) is 0 Å². The third-order valence-corrected chi connectivity index (χ3v) is 4.10. The average molecular weight is 450 g/mol. The number of alkyl halides is 2. The maximum Gasteiger partial charge on any atom is 0.330 e. The van der Waals surface area contributed by atoms with Crippen molar-refractivity contribution in [2.24, 2.45) is 0 Å². The fourth-order valence-electron chi connectivity index (χ4n) is 2.01. The zero-order valence-corrected chi connectivity index (χ0v) is 15.9. The molecule has 1 aromatic carbocycles. The number of hydrogen-bond donors (Lipinski definition) is 2. The smallest absolute Gasteiger partial charge is 0.330 e. The number of halogens is 2. The molecule has 3 atom stereocenters. The molecule has 0 radical (unpaired) electrons. The summed E-state index contributed by atoms with van der Waals surface area (Å²) in [6, 6.07) is 10.3. The monoisotopic (exact) mass is 448 g/mol. The number of aliphatic hydroxyl groups is 1. The molecule has 0 unspecified atom stereocenters. The van der Waals surface area contributed by atoms with Crippen LogP contribution in [0.5, 0.6) is 5.75 Å². The molecule has 1 aromatic heterocycles. The molecule has 0 aliphatic heterocycles. The number of benzene rings is 1. The van der Waals surface area contributed by atoms with E-state index in [-0.39, 0.29) is 18.7 Å². The van der Waals surface area contributed by atoms with Crippen LogP contribution in [0.1, 0.15) is 6.23 Å². The molecule has 0 aliphatic rings. The van der Waals surface area contributed by atoms with Gasteiger partial charge in [0.05, 0.1) is 6.61 Å². The van der Waals surface area contributed by atoms with Gasteiger partial charge in [0.15, 0.2) is 12.4 Å². The number of nitrogens with zero attached hydrogens (tertiary/aromatic N) is 1. The minimum atomic E-state index is -1.37. The third-order valence-electron chi connectivity index (χ3n) is 3.27. The first-order valence-electron chi connectivity index (χ1n) is 7.62. The maximum absolute atomic E-state index is 11.9. The Morgan fingerprint density at radius 3 is 2.58 bits per heavy atom. The Morgan fingerprint density at radius 1 is 1.23 bits per heavy atom. The molecule has 0 saturated heterocycles. The highest BCUT2D eigenvalue weighted by Gasteiger charge is 2.24. The van der Waals surface area contributed by atoms with Crippen LogP contribution in [0.4, 0.5) is 0 Å². The van der Waals surface area contributed by atoms with Crippen LogP contribution in [-0.4, -0.2) is 45.1 Å². The van der Waals surface area contributed by atoms with Crippen molar-refractivity contribution < 1.29 is 19.3 Å². The van der Waals surface area contributed by atoms with Gasteiger partial charge < -0.3 is 19.3 Å². The lowest BCUT2D eigenvalue weighted by molar-refractivity contribution is -0.121. The summed E-state index contributed by atoms with van der Waals surface area (Å²) < 4.78 is 17.5. The summed E-state index contributed by atoms with van der Waals surface area (Å²) in [5, 5.41) is 9.91. The average Bonchev–Trinajstić information content (AvgIpc) is 2.62. The molecule has 142 valence electrons. The summed E-state index contributed by atoms with van der Waals surface area (Å²) in [4.78, 5) is 25.2. The maximum atomic E-state index is 11.9. The number of rotatable bonds is 10. The van der Waals surface area contributed by atoms with E-state index in [0.29, 0.717) is 5.75 Å². The predicted molar refractivity (Wildman–Crippen MR) is 98.8 cm³/mol. The van der Waals surface area contributed by atoms with Crippen LogP contribution in [0.3, 0.4) is 0 Å². The zero-order chi connectivity index (χ0) is 18.9. The van der Waals surface area contributed by atoms with Gasteiger partial charge in [0.1, 0.15) is 18.1 Å². The van der Waals surface area contributed by atoms with Crippen molar-refractivity contribution in [1.82, 2.24) is 9.55 Å². The van der Waals surface area contributed by atoms with Gasteiger partial charge in [-0.2, -0.15) is 0 Å². The fraction of sp³-hybridized carbons (Fsp3) is 0.375. The Labute approximate surface area is 162 Å². The van der Waals surface area contributed by atoms with Gasteiger partial charge in [-0.25, -0.2) is 4.79 Å². The number of hydrogen-bond acceptors (Lipinski definition) is 6. The van der Waals surface area contributed by atoms with Gasteiger partial charge in [0.2, 0.25) is 0 Å². The Morgan fingerprint density at radius 2 is 1.96 bits per heavy atom. The number of para-hydroxylation sites is 1. The van der Waals surface area contributed by atoms with Crippen LogP contribution < -0.4 is 16.0 Å². The lowest BCUT2D eigenvalue weighted by Gasteiger charge is -2.25. The molecule has 0 spiro atoms. The van der Waals surface area contributed by atoms with Gasteiger partial charge in [-0.1, -0.05) is 45.7 Å². The molecule has 0 saturated carbocycles. The Hall–Kier alpha value is -1.65. The van der Waals surface area contributed by atoms with Crippen LogP contribution in [0, 0.1) is 0 Å². The number of aromatic amines is 1. The topological polar surface area (TPSA) is 103 Å². The number of ether oxygens (including phenoxy) is 3. The molecule has 0 amide bonds. The lowest BCUT2D eigenvalue weighted by Crippen LogP contribution is -2.38. The van der Waals surface area contributed by atoms with E-state index in [0.717, 1.165) is 0 Å². The minimum Gasteiger partial charge on any atom is -0.468 e. The zero-order valence-electron chi connectivity index (χ0n) is 13.6. The quantitative estimate of drug-likeness (QED) is 0.323. The molecular formula is C16H18BrClN2O6. The van der Waals surface area contributed by atoms with Crippen LogP contribution in [0.2, 0.25) is 0 Å². The highest BCUT2D eigenvalue weighted by Crippen LogP contribution is 2.16. The Balaban J connectivity index is 1.93. The molecule has 0 bridgehead atoms. The number of nitrogens with one attached hydrogen (secondary N) is 1. The van der Waals surface area contributed by atoms with Gasteiger partial charge >= 0.3 is 5.69 Å². The molecule has 8 nitrogen and oxygen atoms in total. The normalized spacial score (nSPS) is 14.6. The summed E-state index contributed by atoms with van der Waals surface area (Å²) in [5.41, 5.74) is -2.53. The standard InChI is InChI=1S/C16H18BrClN2O6/c17-8-14(20-7-6-13(21)19-16(20)23)26-12(15(18)22)9-24-10-25-11-4-2-1-3-5-11/h1-7,12,14-15,22H,8-10H2,(H,19,21,23)/t12-,14-,15-/m1/s1. The Bertz CT molecular complexity index is 782. The van der Waals surface area contributed by atoms with Crippen molar-refractivity contribution in [2.45, 2.75) is 17.9 Å². The van der Waals surface area contributed by atoms with Crippen molar-refractivity contribution in [3.05, 3.63) is 63.4 Å². The SMILES string of the molecule is O=c1ccn([C@@H](CBr)O[C@H](COCOc2ccccc2)[C@@H](O)Cl)c(=O)[nH]1. The van der Waals surface area contributed by atoms with Gasteiger partial charge in [-0.15, -0.1) is 0 Å². The third kappa shape index (κ3) is 6.26. The highest BCUT2D eigenvalue weighted by molar-refractivity contribution is 9.09. The second-order valence-electron chi connectivity index (χ2n) is 5.12. The number of aromatic nitrogens is 2. The molecule has 0 aliphatic carbocycles. The van der Waals surface area contributed by atoms with Crippen molar-refractivity contribution in [3.8, 4) is 5.75 Å². The van der Waals surface area contributed by atoms with Crippen molar-refractivity contribution in [1.29, 1.82) is 0 Å². The summed E-state index contributed by atoms with van der Waals surface area (Å²) >= 11 is 8.97. The molecule has 10 heteroatoms. The van der Waals surface area contributed by atoms with E-state index in [1.807, 2.05) is 18.2 Å². The molecular weight excluding hydrogens is 432 g/mol. The number of aliphatic hydroxyl groups excluding tert-OH is 1. The summed E-state index contributed by atoms with van der Waals surface area (Å²) in [5.74, 6) is 0.634. The lowest BCUT2D eigenvalue weighted by atomic mass is 10.3. The fourth-order valence-corrected chi connectivity index (χ4v) is 2.60. The second kappa shape index (κ2) is 10.5. The summed E-state index contributed by atoms with van der Waals surface area (Å²) in [7, 11) is 0. The largest absolute Gasteiger partial charge is 0.468 e. The van der Waals surface area contributed by atoms with Crippen LogP contribution in [-0.2, 0) is 9.47 Å². The summed E-state index contributed by atoms with van der Waals surface area (Å²) in [6.45, 7) is -0.135. The number of H-pyrrole nitrogens is 1. The van der Waals surface area contributed by atoms with Crippen molar-refractivity contribution >= 4 is 27.5 Å². The first-order chi connectivity index (χ1) is 12.5. The van der Waals surface area contributed by atoms with Crippen LogP contribution in [0.15, 0.2) is 52.2 Å². The van der Waals surface area contributed by atoms with Crippen molar-refractivity contribution in [2.75, 3.05) is 18.7 Å². The molecule has 1 heterocycles. The first kappa shape index (κ1) is 20.7.